The van der Waals surface area contributed by atoms with Crippen LogP contribution in [0.2, 0.25) is 0 Å². The van der Waals surface area contributed by atoms with E-state index >= 15 is 0 Å². The molecule has 0 aromatic heterocycles. The van der Waals surface area contributed by atoms with Crippen LogP contribution >= 0.6 is 0 Å². The molecule has 0 spiro atoms. The minimum Gasteiger partial charge on any atom is -0.462 e. The summed E-state index contributed by atoms with van der Waals surface area (Å²) in [6.07, 6.45) is 0.463. The Morgan fingerprint density at radius 1 is 1.12 bits per heavy atom. The van der Waals surface area contributed by atoms with Crippen molar-refractivity contribution in [1.82, 2.24) is 4.90 Å². The van der Waals surface area contributed by atoms with Crippen LogP contribution in [0.4, 0.5) is 5.69 Å². The minimum absolute atomic E-state index is 0.0355. The van der Waals surface area contributed by atoms with Gasteiger partial charge in [-0.1, -0.05) is 30.3 Å². The highest BCUT2D eigenvalue weighted by Gasteiger charge is 2.36. The first-order valence-corrected chi connectivity index (χ1v) is 8.52. The van der Waals surface area contributed by atoms with Crippen molar-refractivity contribution in [3.05, 3.63) is 65.7 Å². The van der Waals surface area contributed by atoms with E-state index in [1.54, 1.807) is 36.1 Å². The van der Waals surface area contributed by atoms with E-state index in [1.807, 2.05) is 30.3 Å². The smallest absolute Gasteiger partial charge is 0.338 e. The fourth-order valence-electron chi connectivity index (χ4n) is 2.83. The van der Waals surface area contributed by atoms with Crippen molar-refractivity contribution in [1.29, 1.82) is 0 Å². The highest BCUT2D eigenvalue weighted by atomic mass is 16.5. The number of hydrogen-bond donors (Lipinski definition) is 1. The second kappa shape index (κ2) is 7.82. The summed E-state index contributed by atoms with van der Waals surface area (Å²) < 4.78 is 4.94. The lowest BCUT2D eigenvalue weighted by atomic mass is 10.00. The van der Waals surface area contributed by atoms with E-state index in [0.717, 1.165) is 5.56 Å². The van der Waals surface area contributed by atoms with Gasteiger partial charge < -0.3 is 15.0 Å². The number of anilines is 1. The molecule has 6 nitrogen and oxygen atoms in total. The molecule has 1 N–H and O–H groups in total. The molecule has 1 heterocycles. The molecule has 1 aliphatic heterocycles. The molecule has 0 unspecified atom stereocenters. The van der Waals surface area contributed by atoms with E-state index in [-0.39, 0.29) is 11.8 Å². The zero-order chi connectivity index (χ0) is 18.5. The van der Waals surface area contributed by atoms with Gasteiger partial charge in [-0.25, -0.2) is 4.79 Å². The summed E-state index contributed by atoms with van der Waals surface area (Å²) in [5, 5.41) is 2.82. The zero-order valence-corrected chi connectivity index (χ0v) is 14.5. The third-order valence-corrected chi connectivity index (χ3v) is 4.23. The van der Waals surface area contributed by atoms with E-state index in [9.17, 15) is 14.4 Å². The molecule has 1 aliphatic rings. The maximum Gasteiger partial charge on any atom is 0.338 e. The van der Waals surface area contributed by atoms with E-state index in [4.69, 9.17) is 4.74 Å². The summed E-state index contributed by atoms with van der Waals surface area (Å²) >= 11 is 0. The van der Waals surface area contributed by atoms with Gasteiger partial charge >= 0.3 is 5.97 Å². The van der Waals surface area contributed by atoms with Crippen LogP contribution in [0.1, 0.15) is 35.3 Å². The Bertz CT molecular complexity index is 802. The van der Waals surface area contributed by atoms with Crippen LogP contribution in [-0.2, 0) is 14.3 Å². The number of amides is 2. The normalized spacial score (nSPS) is 14.3. The van der Waals surface area contributed by atoms with Crippen LogP contribution in [0.3, 0.4) is 0 Å². The topological polar surface area (TPSA) is 75.7 Å². The van der Waals surface area contributed by atoms with E-state index in [0.29, 0.717) is 30.8 Å². The molecule has 134 valence electrons. The van der Waals surface area contributed by atoms with Crippen molar-refractivity contribution in [3.8, 4) is 0 Å². The van der Waals surface area contributed by atoms with Gasteiger partial charge in [0.25, 0.3) is 5.91 Å². The predicted molar refractivity (Wildman–Crippen MR) is 96.5 cm³/mol. The molecule has 0 radical (unpaired) electrons. The Morgan fingerprint density at radius 2 is 1.81 bits per heavy atom. The number of esters is 1. The van der Waals surface area contributed by atoms with Crippen molar-refractivity contribution in [2.45, 2.75) is 19.4 Å². The molecule has 2 aromatic rings. The lowest BCUT2D eigenvalue weighted by Crippen LogP contribution is -2.49. The molecule has 0 bridgehead atoms. The molecular formula is C20H20N2O4. The fourth-order valence-corrected chi connectivity index (χ4v) is 2.83. The average Bonchev–Trinajstić information content (AvgIpc) is 2.66. The van der Waals surface area contributed by atoms with Gasteiger partial charge in [0, 0.05) is 18.7 Å². The quantitative estimate of drug-likeness (QED) is 0.641. The molecule has 2 aromatic carbocycles. The van der Waals surface area contributed by atoms with Crippen molar-refractivity contribution >= 4 is 23.5 Å². The van der Waals surface area contributed by atoms with Crippen molar-refractivity contribution in [3.63, 3.8) is 0 Å². The molecule has 2 amide bonds. The van der Waals surface area contributed by atoms with E-state index < -0.39 is 12.0 Å². The van der Waals surface area contributed by atoms with E-state index in [2.05, 4.69) is 5.32 Å². The van der Waals surface area contributed by atoms with Crippen LogP contribution in [0.15, 0.2) is 54.6 Å². The van der Waals surface area contributed by atoms with Gasteiger partial charge in [0.15, 0.2) is 0 Å². The predicted octanol–water partition coefficient (Wildman–Crippen LogP) is 2.78. The lowest BCUT2D eigenvalue weighted by molar-refractivity contribution is -0.147. The molecule has 0 saturated carbocycles. The van der Waals surface area contributed by atoms with Crippen LogP contribution in [0.25, 0.3) is 0 Å². The van der Waals surface area contributed by atoms with Crippen LogP contribution in [-0.4, -0.2) is 35.8 Å². The van der Waals surface area contributed by atoms with Gasteiger partial charge in [-0.15, -0.1) is 0 Å². The summed E-state index contributed by atoms with van der Waals surface area (Å²) in [7, 11) is 0. The summed E-state index contributed by atoms with van der Waals surface area (Å²) in [6.45, 7) is 2.61. The SMILES string of the molecule is CCOC(=O)c1ccc(NC(=O)[C@H](c2ccccc2)N2CCC2=O)cc1. The van der Waals surface area contributed by atoms with Gasteiger partial charge in [0.1, 0.15) is 6.04 Å². The molecule has 26 heavy (non-hydrogen) atoms. The van der Waals surface area contributed by atoms with Crippen LogP contribution in [0.5, 0.6) is 0 Å². The Kier molecular flexibility index (Phi) is 5.31. The summed E-state index contributed by atoms with van der Waals surface area (Å²) in [5.74, 6) is -0.724. The standard InChI is InChI=1S/C20H20N2O4/c1-2-26-20(25)15-8-10-16(11-9-15)21-19(24)18(22-13-12-17(22)23)14-6-4-3-5-7-14/h3-11,18H,2,12-13H2,1H3,(H,21,24)/t18-/m0/s1. The Balaban J connectivity index is 1.76. The van der Waals surface area contributed by atoms with Crippen LogP contribution < -0.4 is 5.32 Å². The third-order valence-electron chi connectivity index (χ3n) is 4.23. The average molecular weight is 352 g/mol. The third kappa shape index (κ3) is 3.74. The molecule has 6 heteroatoms. The molecule has 1 fully saturated rings. The first-order valence-electron chi connectivity index (χ1n) is 8.52. The number of carbonyl (C=O) groups is 3. The Hall–Kier alpha value is -3.15. The highest BCUT2D eigenvalue weighted by Crippen LogP contribution is 2.28. The Labute approximate surface area is 151 Å². The maximum atomic E-state index is 12.8. The maximum absolute atomic E-state index is 12.8. The number of ether oxygens (including phenoxy) is 1. The Morgan fingerprint density at radius 3 is 2.35 bits per heavy atom. The lowest BCUT2D eigenvalue weighted by Gasteiger charge is -2.37. The highest BCUT2D eigenvalue weighted by molar-refractivity contribution is 5.99. The van der Waals surface area contributed by atoms with Crippen molar-refractivity contribution < 1.29 is 19.1 Å². The number of likely N-dealkylation sites (tertiary alicyclic amines) is 1. The second-order valence-electron chi connectivity index (χ2n) is 5.94. The number of nitrogens with one attached hydrogen (secondary N) is 1. The number of β-lactam (4-membered cyclic amide) rings is 1. The second-order valence-corrected chi connectivity index (χ2v) is 5.94. The van der Waals surface area contributed by atoms with Crippen molar-refractivity contribution in [2.24, 2.45) is 0 Å². The number of nitrogens with zero attached hydrogens (tertiary/aromatic N) is 1. The van der Waals surface area contributed by atoms with E-state index in [1.165, 1.54) is 0 Å². The van der Waals surface area contributed by atoms with Crippen molar-refractivity contribution in [2.75, 3.05) is 18.5 Å². The molecule has 3 rings (SSSR count). The number of carbonyl (C=O) groups excluding carboxylic acids is 3. The molecule has 0 aliphatic carbocycles. The van der Waals surface area contributed by atoms with Gasteiger partial charge in [-0.05, 0) is 36.8 Å². The minimum atomic E-state index is -0.665. The zero-order valence-electron chi connectivity index (χ0n) is 14.5. The number of hydrogen-bond acceptors (Lipinski definition) is 4. The first-order chi connectivity index (χ1) is 12.6. The van der Waals surface area contributed by atoms with Gasteiger partial charge in [0.05, 0.1) is 12.2 Å². The molecular weight excluding hydrogens is 332 g/mol. The fraction of sp³-hybridized carbons (Fsp3) is 0.250. The van der Waals surface area contributed by atoms with Crippen LogP contribution in [0, 0.1) is 0 Å². The van der Waals surface area contributed by atoms with Gasteiger partial charge in [0.2, 0.25) is 5.91 Å². The largest absolute Gasteiger partial charge is 0.462 e. The monoisotopic (exact) mass is 352 g/mol. The summed E-state index contributed by atoms with van der Waals surface area (Å²) in [5.41, 5.74) is 1.74. The molecule has 1 saturated heterocycles. The van der Waals surface area contributed by atoms with Gasteiger partial charge in [-0.2, -0.15) is 0 Å². The van der Waals surface area contributed by atoms with Gasteiger partial charge in [-0.3, -0.25) is 9.59 Å². The summed E-state index contributed by atoms with van der Waals surface area (Å²) in [4.78, 5) is 38.0. The first kappa shape index (κ1) is 17.7. The molecule has 1 atom stereocenters. The number of benzene rings is 2. The number of rotatable bonds is 6. The summed E-state index contributed by atoms with van der Waals surface area (Å²) in [6, 6.07) is 15.0.